The Kier molecular flexibility index (Phi) is 9.33. The Labute approximate surface area is 167 Å². The largest absolute Gasteiger partial charge is 0.381 e. The Morgan fingerprint density at radius 2 is 1.70 bits per heavy atom. The molecule has 0 saturated carbocycles. The van der Waals surface area contributed by atoms with Gasteiger partial charge >= 0.3 is 0 Å². The molecule has 2 rings (SSSR count). The van der Waals surface area contributed by atoms with Crippen molar-refractivity contribution >= 4 is 5.96 Å². The van der Waals surface area contributed by atoms with Crippen molar-refractivity contribution in [1.82, 2.24) is 20.4 Å². The fourth-order valence-corrected chi connectivity index (χ4v) is 4.60. The normalized spacial score (nSPS) is 21.4. The maximum atomic E-state index is 5.65. The minimum absolute atomic E-state index is 0.235. The van der Waals surface area contributed by atoms with Gasteiger partial charge in [0.15, 0.2) is 5.96 Å². The molecule has 2 aliphatic rings. The van der Waals surface area contributed by atoms with Crippen LogP contribution < -0.4 is 10.6 Å². The third kappa shape index (κ3) is 6.61. The van der Waals surface area contributed by atoms with Crippen molar-refractivity contribution in [1.29, 1.82) is 0 Å². The highest BCUT2D eigenvalue weighted by atomic mass is 16.5. The summed E-state index contributed by atoms with van der Waals surface area (Å²) in [7, 11) is 1.87. The molecule has 0 radical (unpaired) electrons. The molecule has 6 heteroatoms. The van der Waals surface area contributed by atoms with E-state index in [0.717, 1.165) is 58.1 Å². The lowest BCUT2D eigenvalue weighted by Crippen LogP contribution is -2.58. The number of likely N-dealkylation sites (tertiary alicyclic amines) is 1. The number of hydrogen-bond donors (Lipinski definition) is 2. The summed E-state index contributed by atoms with van der Waals surface area (Å²) in [5, 5.41) is 7.13. The molecule has 0 bridgehead atoms. The maximum Gasteiger partial charge on any atom is 0.191 e. The molecular formula is C21H43N5O. The van der Waals surface area contributed by atoms with Crippen molar-refractivity contribution in [3.05, 3.63) is 0 Å². The lowest BCUT2D eigenvalue weighted by atomic mass is 9.88. The van der Waals surface area contributed by atoms with Crippen LogP contribution in [0.5, 0.6) is 0 Å². The molecule has 2 saturated heterocycles. The van der Waals surface area contributed by atoms with E-state index in [-0.39, 0.29) is 5.54 Å². The van der Waals surface area contributed by atoms with E-state index in [1.807, 2.05) is 7.05 Å². The monoisotopic (exact) mass is 381 g/mol. The van der Waals surface area contributed by atoms with E-state index in [1.165, 1.54) is 25.9 Å². The van der Waals surface area contributed by atoms with Crippen LogP contribution in [0.15, 0.2) is 4.99 Å². The van der Waals surface area contributed by atoms with Crippen molar-refractivity contribution < 1.29 is 4.74 Å². The SMILES string of the molecule is CN=C(NCCCN(C(C)C)C(C)C)NCC1(N2CCCC2)CCOCC1. The van der Waals surface area contributed by atoms with Crippen molar-refractivity contribution in [3.63, 3.8) is 0 Å². The Hall–Kier alpha value is -0.850. The van der Waals surface area contributed by atoms with Crippen molar-refractivity contribution in [2.24, 2.45) is 4.99 Å². The Balaban J connectivity index is 1.78. The first kappa shape index (κ1) is 22.4. The summed E-state index contributed by atoms with van der Waals surface area (Å²) >= 11 is 0. The predicted molar refractivity (Wildman–Crippen MR) is 115 cm³/mol. The van der Waals surface area contributed by atoms with Crippen LogP contribution in [-0.4, -0.2) is 86.4 Å². The van der Waals surface area contributed by atoms with Crippen LogP contribution >= 0.6 is 0 Å². The fraction of sp³-hybridized carbons (Fsp3) is 0.952. The lowest BCUT2D eigenvalue weighted by Gasteiger charge is -2.45. The number of nitrogens with zero attached hydrogens (tertiary/aromatic N) is 3. The van der Waals surface area contributed by atoms with Crippen molar-refractivity contribution in [3.8, 4) is 0 Å². The Morgan fingerprint density at radius 1 is 1.07 bits per heavy atom. The molecule has 0 amide bonds. The molecular weight excluding hydrogens is 338 g/mol. The first-order valence-electron chi connectivity index (χ1n) is 11.0. The van der Waals surface area contributed by atoms with Crippen molar-refractivity contribution in [2.75, 3.05) is 53.0 Å². The highest BCUT2D eigenvalue weighted by molar-refractivity contribution is 5.79. The average molecular weight is 382 g/mol. The van der Waals surface area contributed by atoms with Crippen LogP contribution in [0.25, 0.3) is 0 Å². The Bertz CT molecular complexity index is 432. The molecule has 2 aliphatic heterocycles. The average Bonchev–Trinajstić information content (AvgIpc) is 3.19. The first-order valence-corrected chi connectivity index (χ1v) is 11.0. The van der Waals surface area contributed by atoms with Crippen LogP contribution in [-0.2, 0) is 4.74 Å². The summed E-state index contributed by atoms with van der Waals surface area (Å²) in [6.07, 6.45) is 6.03. The van der Waals surface area contributed by atoms with Crippen LogP contribution in [0.3, 0.4) is 0 Å². The summed E-state index contributed by atoms with van der Waals surface area (Å²) < 4.78 is 5.65. The van der Waals surface area contributed by atoms with E-state index < -0.39 is 0 Å². The van der Waals surface area contributed by atoms with Crippen LogP contribution in [0.4, 0.5) is 0 Å². The second-order valence-corrected chi connectivity index (χ2v) is 8.66. The molecule has 6 nitrogen and oxygen atoms in total. The van der Waals surface area contributed by atoms with Gasteiger partial charge in [0.05, 0.1) is 0 Å². The molecule has 0 aromatic rings. The van der Waals surface area contributed by atoms with Gasteiger partial charge in [-0.05, 0) is 72.9 Å². The van der Waals surface area contributed by atoms with Gasteiger partial charge in [0.25, 0.3) is 0 Å². The van der Waals surface area contributed by atoms with Gasteiger partial charge in [0.1, 0.15) is 0 Å². The predicted octanol–water partition coefficient (Wildman–Crippen LogP) is 2.31. The minimum atomic E-state index is 0.235. The van der Waals surface area contributed by atoms with E-state index in [9.17, 15) is 0 Å². The first-order chi connectivity index (χ1) is 13.0. The Morgan fingerprint density at radius 3 is 2.26 bits per heavy atom. The third-order valence-electron chi connectivity index (χ3n) is 6.22. The smallest absolute Gasteiger partial charge is 0.191 e. The van der Waals surface area contributed by atoms with Gasteiger partial charge in [-0.1, -0.05) is 0 Å². The molecule has 0 unspecified atom stereocenters. The van der Waals surface area contributed by atoms with E-state index in [4.69, 9.17) is 4.74 Å². The van der Waals surface area contributed by atoms with Gasteiger partial charge in [-0.3, -0.25) is 14.8 Å². The van der Waals surface area contributed by atoms with Crippen LogP contribution in [0.2, 0.25) is 0 Å². The van der Waals surface area contributed by atoms with Gasteiger partial charge in [-0.25, -0.2) is 0 Å². The molecule has 27 heavy (non-hydrogen) atoms. The highest BCUT2D eigenvalue weighted by Crippen LogP contribution is 2.30. The second kappa shape index (κ2) is 11.2. The number of guanidine groups is 1. The van der Waals surface area contributed by atoms with E-state index >= 15 is 0 Å². The molecule has 0 aromatic heterocycles. The second-order valence-electron chi connectivity index (χ2n) is 8.66. The number of aliphatic imine (C=N–C) groups is 1. The maximum absolute atomic E-state index is 5.65. The van der Waals surface area contributed by atoms with Gasteiger partial charge in [0.2, 0.25) is 0 Å². The zero-order valence-electron chi connectivity index (χ0n) is 18.4. The molecule has 0 atom stereocenters. The minimum Gasteiger partial charge on any atom is -0.381 e. The van der Waals surface area contributed by atoms with E-state index in [0.29, 0.717) is 12.1 Å². The molecule has 158 valence electrons. The number of nitrogens with one attached hydrogen (secondary N) is 2. The molecule has 2 fully saturated rings. The molecule has 2 N–H and O–H groups in total. The highest BCUT2D eigenvalue weighted by Gasteiger charge is 2.39. The summed E-state index contributed by atoms with van der Waals surface area (Å²) in [6, 6.07) is 1.19. The van der Waals surface area contributed by atoms with E-state index in [2.05, 4.69) is 53.1 Å². The summed E-state index contributed by atoms with van der Waals surface area (Å²) in [5.74, 6) is 0.931. The standard InChI is InChI=1S/C21H43N5O/c1-18(2)26(19(3)4)14-8-11-23-20(22-5)24-17-21(9-15-27-16-10-21)25-12-6-7-13-25/h18-19H,6-17H2,1-5H3,(H2,22,23,24). The zero-order valence-corrected chi connectivity index (χ0v) is 18.4. The van der Waals surface area contributed by atoms with Gasteiger partial charge in [-0.15, -0.1) is 0 Å². The van der Waals surface area contributed by atoms with Crippen LogP contribution in [0, 0.1) is 0 Å². The number of rotatable bonds is 9. The topological polar surface area (TPSA) is 52.1 Å². The van der Waals surface area contributed by atoms with Crippen molar-refractivity contribution in [2.45, 2.75) is 77.4 Å². The van der Waals surface area contributed by atoms with Gasteiger partial charge in [-0.2, -0.15) is 0 Å². The summed E-state index contributed by atoms with van der Waals surface area (Å²) in [6.45, 7) is 16.4. The quantitative estimate of drug-likeness (QED) is 0.365. The zero-order chi connectivity index (χ0) is 19.7. The summed E-state index contributed by atoms with van der Waals surface area (Å²) in [4.78, 5) is 9.69. The van der Waals surface area contributed by atoms with E-state index in [1.54, 1.807) is 0 Å². The summed E-state index contributed by atoms with van der Waals surface area (Å²) in [5.41, 5.74) is 0.235. The molecule has 0 spiro atoms. The fourth-order valence-electron chi connectivity index (χ4n) is 4.60. The number of ether oxygens (including phenoxy) is 1. The third-order valence-corrected chi connectivity index (χ3v) is 6.22. The van der Waals surface area contributed by atoms with Gasteiger partial charge in [0, 0.05) is 57.5 Å². The molecule has 2 heterocycles. The molecule has 0 aromatic carbocycles. The van der Waals surface area contributed by atoms with Crippen LogP contribution in [0.1, 0.15) is 59.8 Å². The van der Waals surface area contributed by atoms with Gasteiger partial charge < -0.3 is 15.4 Å². The lowest BCUT2D eigenvalue weighted by molar-refractivity contribution is -0.0164. The molecule has 0 aliphatic carbocycles. The number of hydrogen-bond acceptors (Lipinski definition) is 4.